The van der Waals surface area contributed by atoms with Crippen LogP contribution in [-0.2, 0) is 6.54 Å². The van der Waals surface area contributed by atoms with Crippen LogP contribution < -0.4 is 11.1 Å². The molecular weight excluding hydrogens is 404 g/mol. The number of Topliss-reactive ketones (excluding diaryl/α,β-unsaturated/α-hetero) is 1. The summed E-state index contributed by atoms with van der Waals surface area (Å²) in [7, 11) is 0. The summed E-state index contributed by atoms with van der Waals surface area (Å²) in [5.74, 6) is 0.395. The first kappa shape index (κ1) is 19.9. The zero-order valence-corrected chi connectivity index (χ0v) is 17.5. The number of benzene rings is 2. The van der Waals surface area contributed by atoms with E-state index >= 15 is 0 Å². The maximum Gasteiger partial charge on any atom is 0.248 e. The molecule has 160 valence electrons. The smallest absolute Gasteiger partial charge is 0.248 e. The van der Waals surface area contributed by atoms with Crippen molar-refractivity contribution in [2.24, 2.45) is 5.73 Å². The summed E-state index contributed by atoms with van der Waals surface area (Å²) in [5, 5.41) is 3.45. The maximum atomic E-state index is 13.3. The van der Waals surface area contributed by atoms with Crippen molar-refractivity contribution in [1.29, 1.82) is 0 Å². The van der Waals surface area contributed by atoms with E-state index < -0.39 is 5.91 Å². The molecule has 8 heteroatoms. The van der Waals surface area contributed by atoms with Crippen LogP contribution in [0.3, 0.4) is 0 Å². The van der Waals surface area contributed by atoms with Crippen molar-refractivity contribution >= 4 is 11.7 Å². The number of nitrogens with zero attached hydrogens (tertiary/aromatic N) is 4. The number of primary amides is 1. The van der Waals surface area contributed by atoms with Crippen LogP contribution in [-0.4, -0.2) is 30.8 Å². The van der Waals surface area contributed by atoms with E-state index in [9.17, 15) is 9.59 Å². The minimum absolute atomic E-state index is 0.00786. The summed E-state index contributed by atoms with van der Waals surface area (Å²) in [5.41, 5.74) is 9.76. The predicted octanol–water partition coefficient (Wildman–Crippen LogP) is 2.88. The number of amides is 1. The number of nitrogens with two attached hydrogens (primary N) is 1. The van der Waals surface area contributed by atoms with Gasteiger partial charge in [0.05, 0.1) is 5.69 Å². The van der Waals surface area contributed by atoms with E-state index in [1.807, 2.05) is 48.0 Å². The monoisotopic (exact) mass is 426 g/mol. The molecule has 5 rings (SSSR count). The molecule has 2 aromatic heterocycles. The van der Waals surface area contributed by atoms with Gasteiger partial charge in [0.15, 0.2) is 5.78 Å². The van der Waals surface area contributed by atoms with Gasteiger partial charge in [-0.2, -0.15) is 0 Å². The third-order valence-electron chi connectivity index (χ3n) is 5.82. The number of nitrogens with one attached hydrogen (secondary N) is 1. The van der Waals surface area contributed by atoms with Crippen LogP contribution >= 0.6 is 0 Å². The van der Waals surface area contributed by atoms with Crippen LogP contribution in [0.1, 0.15) is 50.4 Å². The van der Waals surface area contributed by atoms with Gasteiger partial charge in [-0.25, -0.2) is 9.97 Å². The average molecular weight is 426 g/mol. The van der Waals surface area contributed by atoms with Crippen LogP contribution in [0.5, 0.6) is 0 Å². The first-order valence-electron chi connectivity index (χ1n) is 10.3. The third kappa shape index (κ3) is 3.50. The Morgan fingerprint density at radius 1 is 1.09 bits per heavy atom. The molecule has 1 unspecified atom stereocenters. The topological polar surface area (TPSA) is 108 Å². The molecule has 0 spiro atoms. The average Bonchev–Trinajstić information content (AvgIpc) is 3.39. The number of ketones is 1. The molecule has 1 amide bonds. The molecule has 0 fully saturated rings. The fraction of sp³-hybridized carbons (Fsp3) is 0.167. The number of fused-ring (bicyclic) bond motifs is 1. The van der Waals surface area contributed by atoms with Crippen LogP contribution in [0, 0.1) is 6.92 Å². The molecule has 8 nitrogen and oxygen atoms in total. The SMILES string of the molecule is Cc1nccn1-c1ccc(C2CC(=O)c3c(ncn3-c3cccc(C(N)=O)c3)CN2)cc1. The summed E-state index contributed by atoms with van der Waals surface area (Å²) >= 11 is 0. The summed E-state index contributed by atoms with van der Waals surface area (Å²) in [6, 6.07) is 14.9. The number of aryl methyl sites for hydroxylation is 1. The van der Waals surface area contributed by atoms with Crippen molar-refractivity contribution in [3.63, 3.8) is 0 Å². The molecule has 0 saturated carbocycles. The highest BCUT2D eigenvalue weighted by atomic mass is 16.1. The lowest BCUT2D eigenvalue weighted by atomic mass is 10.0. The lowest BCUT2D eigenvalue weighted by Gasteiger charge is -2.16. The van der Waals surface area contributed by atoms with Crippen molar-refractivity contribution in [2.45, 2.75) is 25.9 Å². The predicted molar refractivity (Wildman–Crippen MR) is 119 cm³/mol. The van der Waals surface area contributed by atoms with Crippen molar-refractivity contribution in [3.05, 3.63) is 95.6 Å². The Morgan fingerprint density at radius 3 is 2.62 bits per heavy atom. The normalized spacial score (nSPS) is 15.9. The number of rotatable bonds is 4. The highest BCUT2D eigenvalue weighted by Gasteiger charge is 2.27. The molecular formula is C24H22N6O2. The number of aromatic nitrogens is 4. The number of carbonyl (C=O) groups is 2. The minimum atomic E-state index is -0.513. The third-order valence-corrected chi connectivity index (χ3v) is 5.82. The van der Waals surface area contributed by atoms with Gasteiger partial charge in [0.1, 0.15) is 17.8 Å². The second kappa shape index (κ2) is 7.90. The van der Waals surface area contributed by atoms with Gasteiger partial charge in [0.2, 0.25) is 5.91 Å². The number of carbonyl (C=O) groups excluding carboxylic acids is 2. The molecule has 0 bridgehead atoms. The zero-order valence-electron chi connectivity index (χ0n) is 17.5. The molecule has 0 saturated heterocycles. The van der Waals surface area contributed by atoms with E-state index in [2.05, 4.69) is 15.3 Å². The lowest BCUT2D eigenvalue weighted by molar-refractivity contribution is 0.0965. The summed E-state index contributed by atoms with van der Waals surface area (Å²) < 4.78 is 3.75. The molecule has 32 heavy (non-hydrogen) atoms. The van der Waals surface area contributed by atoms with Gasteiger partial charge in [-0.1, -0.05) is 18.2 Å². The van der Waals surface area contributed by atoms with Crippen molar-refractivity contribution in [2.75, 3.05) is 0 Å². The van der Waals surface area contributed by atoms with E-state index in [1.54, 1.807) is 35.3 Å². The van der Waals surface area contributed by atoms with E-state index in [1.165, 1.54) is 0 Å². The van der Waals surface area contributed by atoms with Gasteiger partial charge in [0, 0.05) is 48.3 Å². The van der Waals surface area contributed by atoms with Gasteiger partial charge in [-0.05, 0) is 42.8 Å². The van der Waals surface area contributed by atoms with Crippen LogP contribution in [0.2, 0.25) is 0 Å². The van der Waals surface area contributed by atoms with E-state index in [4.69, 9.17) is 5.73 Å². The first-order valence-corrected chi connectivity index (χ1v) is 10.3. The van der Waals surface area contributed by atoms with E-state index in [-0.39, 0.29) is 11.8 Å². The standard InChI is InChI=1S/C24H22N6O2/c1-15-26-9-10-29(15)18-7-5-16(6-8-18)20-12-22(31)23-21(13-27-20)28-14-30(23)19-4-2-3-17(11-19)24(25)32/h2-11,14,20,27H,12-13H2,1H3,(H2,25,32). The lowest BCUT2D eigenvalue weighted by Crippen LogP contribution is -2.20. The zero-order chi connectivity index (χ0) is 22.2. The quantitative estimate of drug-likeness (QED) is 0.522. The van der Waals surface area contributed by atoms with Crippen LogP contribution in [0.25, 0.3) is 11.4 Å². The molecule has 1 atom stereocenters. The first-order chi connectivity index (χ1) is 15.5. The van der Waals surface area contributed by atoms with Gasteiger partial charge < -0.3 is 15.6 Å². The summed E-state index contributed by atoms with van der Waals surface area (Å²) in [6.07, 6.45) is 5.62. The molecule has 1 aliphatic heterocycles. The summed E-state index contributed by atoms with van der Waals surface area (Å²) in [6.45, 7) is 2.43. The number of hydrogen-bond acceptors (Lipinski definition) is 5. The Labute approximate surface area is 184 Å². The number of imidazole rings is 2. The molecule has 3 N–H and O–H groups in total. The Kier molecular flexibility index (Phi) is 4.91. The molecule has 0 radical (unpaired) electrons. The number of hydrogen-bond donors (Lipinski definition) is 2. The summed E-state index contributed by atoms with van der Waals surface area (Å²) in [4.78, 5) is 33.5. The van der Waals surface area contributed by atoms with Gasteiger partial charge in [0.25, 0.3) is 0 Å². The van der Waals surface area contributed by atoms with Gasteiger partial charge >= 0.3 is 0 Å². The van der Waals surface area contributed by atoms with E-state index in [0.29, 0.717) is 35.6 Å². The second-order valence-corrected chi connectivity index (χ2v) is 7.82. The molecule has 1 aliphatic rings. The van der Waals surface area contributed by atoms with Gasteiger partial charge in [-0.15, -0.1) is 0 Å². The largest absolute Gasteiger partial charge is 0.366 e. The molecule has 3 heterocycles. The van der Waals surface area contributed by atoms with Crippen LogP contribution in [0.15, 0.2) is 67.3 Å². The van der Waals surface area contributed by atoms with Crippen LogP contribution in [0.4, 0.5) is 0 Å². The maximum absolute atomic E-state index is 13.3. The fourth-order valence-electron chi connectivity index (χ4n) is 4.14. The molecule has 4 aromatic rings. The Hall–Kier alpha value is -4.04. The Balaban J connectivity index is 1.42. The molecule has 0 aliphatic carbocycles. The van der Waals surface area contributed by atoms with Crippen molar-refractivity contribution in [1.82, 2.24) is 24.4 Å². The minimum Gasteiger partial charge on any atom is -0.366 e. The fourth-order valence-corrected chi connectivity index (χ4v) is 4.14. The van der Waals surface area contributed by atoms with E-state index in [0.717, 1.165) is 17.1 Å². The highest BCUT2D eigenvalue weighted by Crippen LogP contribution is 2.27. The Morgan fingerprint density at radius 2 is 1.91 bits per heavy atom. The van der Waals surface area contributed by atoms with Crippen molar-refractivity contribution in [3.8, 4) is 11.4 Å². The van der Waals surface area contributed by atoms with Gasteiger partial charge in [-0.3, -0.25) is 14.2 Å². The highest BCUT2D eigenvalue weighted by molar-refractivity contribution is 5.97. The second-order valence-electron chi connectivity index (χ2n) is 7.82. The molecule has 2 aromatic carbocycles. The van der Waals surface area contributed by atoms with Crippen molar-refractivity contribution < 1.29 is 9.59 Å². The Bertz CT molecular complexity index is 1320.